The number of H-pyrrole nitrogens is 1. The summed E-state index contributed by atoms with van der Waals surface area (Å²) >= 11 is 0. The lowest BCUT2D eigenvalue weighted by molar-refractivity contribution is 0.0818. The monoisotopic (exact) mass is 439 g/mol. The van der Waals surface area contributed by atoms with Crippen LogP contribution in [-0.2, 0) is 11.3 Å². The molecule has 4 rings (SSSR count). The second-order valence-corrected chi connectivity index (χ2v) is 7.73. The van der Waals surface area contributed by atoms with Crippen LogP contribution in [0.4, 0.5) is 14.9 Å². The maximum Gasteiger partial charge on any atom is 0.322 e. The molecule has 1 saturated heterocycles. The molecule has 7 nitrogen and oxygen atoms in total. The molecule has 0 spiro atoms. The Bertz CT molecular complexity index is 1160. The molecule has 0 radical (unpaired) electrons. The Balaban J connectivity index is 1.61. The lowest BCUT2D eigenvalue weighted by Gasteiger charge is -2.26. The SMILES string of the molecule is CCOc1ccc2[nH]c(=O)c(CN(CC3CCCO3)C(=O)Nc3ccccc3F)cc2c1. The van der Waals surface area contributed by atoms with Gasteiger partial charge in [0.15, 0.2) is 0 Å². The van der Waals surface area contributed by atoms with Crippen molar-refractivity contribution in [3.8, 4) is 5.75 Å². The molecule has 1 atom stereocenters. The quantitative estimate of drug-likeness (QED) is 0.576. The third-order valence-corrected chi connectivity index (χ3v) is 5.42. The van der Waals surface area contributed by atoms with Gasteiger partial charge in [-0.2, -0.15) is 0 Å². The summed E-state index contributed by atoms with van der Waals surface area (Å²) in [6.07, 6.45) is 1.63. The molecule has 1 aromatic heterocycles. The van der Waals surface area contributed by atoms with E-state index in [1.54, 1.807) is 30.3 Å². The predicted molar refractivity (Wildman–Crippen MR) is 121 cm³/mol. The highest BCUT2D eigenvalue weighted by molar-refractivity contribution is 5.89. The van der Waals surface area contributed by atoms with E-state index in [1.165, 1.54) is 17.0 Å². The maximum atomic E-state index is 14.1. The Morgan fingerprint density at radius 2 is 2.12 bits per heavy atom. The summed E-state index contributed by atoms with van der Waals surface area (Å²) in [5.74, 6) is 0.177. The number of carbonyl (C=O) groups excluding carboxylic acids is 1. The average Bonchev–Trinajstić information content (AvgIpc) is 3.29. The van der Waals surface area contributed by atoms with Crippen LogP contribution in [-0.4, -0.2) is 41.8 Å². The number of amides is 2. The van der Waals surface area contributed by atoms with Gasteiger partial charge in [-0.3, -0.25) is 4.79 Å². The number of nitrogens with zero attached hydrogens (tertiary/aromatic N) is 1. The summed E-state index contributed by atoms with van der Waals surface area (Å²) in [5.41, 5.74) is 0.915. The number of benzene rings is 2. The maximum absolute atomic E-state index is 14.1. The van der Waals surface area contributed by atoms with Gasteiger partial charge < -0.3 is 24.7 Å². The molecule has 2 heterocycles. The molecule has 2 aromatic carbocycles. The Hall–Kier alpha value is -3.39. The van der Waals surface area contributed by atoms with Crippen LogP contribution in [0.2, 0.25) is 0 Å². The van der Waals surface area contributed by atoms with Crippen LogP contribution in [0, 0.1) is 5.82 Å². The van der Waals surface area contributed by atoms with Crippen molar-refractivity contribution in [2.45, 2.75) is 32.4 Å². The first-order valence-corrected chi connectivity index (χ1v) is 10.7. The molecule has 1 fully saturated rings. The van der Waals surface area contributed by atoms with Crippen molar-refractivity contribution in [3.05, 3.63) is 70.3 Å². The number of urea groups is 1. The lowest BCUT2D eigenvalue weighted by atomic mass is 10.1. The van der Waals surface area contributed by atoms with E-state index < -0.39 is 11.8 Å². The van der Waals surface area contributed by atoms with E-state index in [0.717, 1.165) is 18.2 Å². The molecule has 3 aromatic rings. The van der Waals surface area contributed by atoms with E-state index in [-0.39, 0.29) is 23.9 Å². The number of pyridine rings is 1. The Labute approximate surface area is 185 Å². The fourth-order valence-electron chi connectivity index (χ4n) is 3.82. The van der Waals surface area contributed by atoms with Gasteiger partial charge in [-0.25, -0.2) is 9.18 Å². The molecule has 168 valence electrons. The summed E-state index contributed by atoms with van der Waals surface area (Å²) in [4.78, 5) is 30.1. The van der Waals surface area contributed by atoms with Crippen LogP contribution < -0.4 is 15.6 Å². The van der Waals surface area contributed by atoms with Gasteiger partial charge in [-0.05, 0) is 56.2 Å². The molecule has 8 heteroatoms. The summed E-state index contributed by atoms with van der Waals surface area (Å²) < 4.78 is 25.3. The number of nitrogens with one attached hydrogen (secondary N) is 2. The number of fused-ring (bicyclic) bond motifs is 1. The number of anilines is 1. The van der Waals surface area contributed by atoms with Gasteiger partial charge in [0, 0.05) is 29.6 Å². The van der Waals surface area contributed by atoms with E-state index in [1.807, 2.05) is 13.0 Å². The van der Waals surface area contributed by atoms with Gasteiger partial charge in [0.25, 0.3) is 5.56 Å². The number of rotatable bonds is 7. The van der Waals surface area contributed by atoms with Crippen molar-refractivity contribution >= 4 is 22.6 Å². The van der Waals surface area contributed by atoms with Gasteiger partial charge in [-0.1, -0.05) is 12.1 Å². The molecular weight excluding hydrogens is 413 g/mol. The number of aromatic nitrogens is 1. The van der Waals surface area contributed by atoms with E-state index >= 15 is 0 Å². The first-order valence-electron chi connectivity index (χ1n) is 10.7. The standard InChI is InChI=1S/C24H26FN3O4/c1-2-31-18-9-10-21-16(13-18)12-17(23(29)26-21)14-28(15-19-6-5-11-32-19)24(30)27-22-8-4-3-7-20(22)25/h3-4,7-10,12-13,19H,2,5-6,11,14-15H2,1H3,(H,26,29)(H,27,30). The zero-order valence-corrected chi connectivity index (χ0v) is 17.9. The number of ether oxygens (including phenoxy) is 2. The van der Waals surface area contributed by atoms with E-state index in [0.29, 0.717) is 36.6 Å². The number of aromatic amines is 1. The molecule has 2 amide bonds. The normalized spacial score (nSPS) is 15.6. The third-order valence-electron chi connectivity index (χ3n) is 5.42. The minimum absolute atomic E-state index is 0.0598. The van der Waals surface area contributed by atoms with Crippen LogP contribution in [0.25, 0.3) is 10.9 Å². The number of hydrogen-bond acceptors (Lipinski definition) is 4. The third kappa shape index (κ3) is 5.08. The largest absolute Gasteiger partial charge is 0.494 e. The molecule has 1 aliphatic rings. The smallest absolute Gasteiger partial charge is 0.322 e. The molecule has 0 bridgehead atoms. The van der Waals surface area contributed by atoms with E-state index in [9.17, 15) is 14.0 Å². The molecule has 2 N–H and O–H groups in total. The summed E-state index contributed by atoms with van der Waals surface area (Å²) in [7, 11) is 0. The Morgan fingerprint density at radius 1 is 1.28 bits per heavy atom. The molecule has 1 unspecified atom stereocenters. The first kappa shape index (κ1) is 21.8. The molecule has 32 heavy (non-hydrogen) atoms. The minimum atomic E-state index is -0.523. The molecule has 0 aliphatic carbocycles. The second kappa shape index (κ2) is 9.82. The number of halogens is 1. The average molecular weight is 439 g/mol. The Morgan fingerprint density at radius 3 is 2.88 bits per heavy atom. The van der Waals surface area contributed by atoms with Crippen LogP contribution >= 0.6 is 0 Å². The van der Waals surface area contributed by atoms with Crippen LogP contribution in [0.15, 0.2) is 53.3 Å². The fraction of sp³-hybridized carbons (Fsp3) is 0.333. The van der Waals surface area contributed by atoms with Gasteiger partial charge in [-0.15, -0.1) is 0 Å². The second-order valence-electron chi connectivity index (χ2n) is 7.73. The van der Waals surface area contributed by atoms with Gasteiger partial charge in [0.05, 0.1) is 24.9 Å². The van der Waals surface area contributed by atoms with Crippen LogP contribution in [0.1, 0.15) is 25.3 Å². The van der Waals surface area contributed by atoms with Crippen LogP contribution in [0.3, 0.4) is 0 Å². The number of hydrogen-bond donors (Lipinski definition) is 2. The zero-order chi connectivity index (χ0) is 22.5. The highest BCUT2D eigenvalue weighted by Crippen LogP contribution is 2.21. The number of para-hydroxylation sites is 1. The highest BCUT2D eigenvalue weighted by Gasteiger charge is 2.24. The van der Waals surface area contributed by atoms with Crippen LogP contribution in [0.5, 0.6) is 5.75 Å². The van der Waals surface area contributed by atoms with Crippen molar-refractivity contribution in [2.24, 2.45) is 0 Å². The van der Waals surface area contributed by atoms with Crippen molar-refractivity contribution in [2.75, 3.05) is 25.1 Å². The zero-order valence-electron chi connectivity index (χ0n) is 17.9. The number of carbonyl (C=O) groups is 1. The molecule has 0 saturated carbocycles. The minimum Gasteiger partial charge on any atom is -0.494 e. The van der Waals surface area contributed by atoms with Gasteiger partial charge >= 0.3 is 6.03 Å². The van der Waals surface area contributed by atoms with Crippen molar-refractivity contribution in [3.63, 3.8) is 0 Å². The Kier molecular flexibility index (Phi) is 6.70. The van der Waals surface area contributed by atoms with E-state index in [2.05, 4.69) is 10.3 Å². The van der Waals surface area contributed by atoms with Gasteiger partial charge in [0.2, 0.25) is 0 Å². The summed E-state index contributed by atoms with van der Waals surface area (Å²) in [6.45, 7) is 3.44. The topological polar surface area (TPSA) is 83.7 Å². The molecular formula is C24H26FN3O4. The fourth-order valence-corrected chi connectivity index (χ4v) is 3.82. The lowest BCUT2D eigenvalue weighted by Crippen LogP contribution is -2.41. The van der Waals surface area contributed by atoms with Crippen molar-refractivity contribution < 1.29 is 18.7 Å². The first-order chi connectivity index (χ1) is 15.5. The summed E-state index contributed by atoms with van der Waals surface area (Å²) in [6, 6.07) is 12.7. The highest BCUT2D eigenvalue weighted by atomic mass is 19.1. The molecule has 1 aliphatic heterocycles. The predicted octanol–water partition coefficient (Wildman–Crippen LogP) is 4.28. The van der Waals surface area contributed by atoms with Gasteiger partial charge in [0.1, 0.15) is 11.6 Å². The van der Waals surface area contributed by atoms with E-state index in [4.69, 9.17) is 9.47 Å². The summed E-state index contributed by atoms with van der Waals surface area (Å²) in [5, 5.41) is 3.41. The van der Waals surface area contributed by atoms with Crippen molar-refractivity contribution in [1.82, 2.24) is 9.88 Å². The van der Waals surface area contributed by atoms with Crippen molar-refractivity contribution in [1.29, 1.82) is 0 Å².